The first kappa shape index (κ1) is 19.6. The number of aliphatic carboxylic acids is 1. The van der Waals surface area contributed by atoms with E-state index in [0.717, 1.165) is 0 Å². The number of carboxylic acids is 1. The average Bonchev–Trinajstić information content (AvgIpc) is 2.36. The van der Waals surface area contributed by atoms with Gasteiger partial charge in [0.25, 0.3) is 0 Å². The molecule has 0 amide bonds. The molecule has 0 aliphatic rings. The molecule has 0 saturated heterocycles. The number of aldehydes is 1. The molecule has 7 N–H and O–H groups in total. The van der Waals surface area contributed by atoms with Crippen LogP contribution < -0.4 is 5.73 Å². The van der Waals surface area contributed by atoms with Gasteiger partial charge in [-0.25, -0.2) is 0 Å². The highest BCUT2D eigenvalue weighted by Crippen LogP contribution is 1.96. The molecule has 18 heavy (non-hydrogen) atoms. The minimum Gasteiger partial charge on any atom is -0.480 e. The van der Waals surface area contributed by atoms with Gasteiger partial charge in [0.1, 0.15) is 24.4 Å². The number of aliphatic hydroxyl groups is 4. The van der Waals surface area contributed by atoms with Gasteiger partial charge in [-0.3, -0.25) is 4.79 Å². The number of rotatable bonds is 7. The second kappa shape index (κ2) is 11.4. The second-order valence-electron chi connectivity index (χ2n) is 3.32. The summed E-state index contributed by atoms with van der Waals surface area (Å²) in [5.74, 6) is -0.438. The van der Waals surface area contributed by atoms with Crippen LogP contribution in [0.1, 0.15) is 6.42 Å². The highest BCUT2D eigenvalue weighted by Gasteiger charge is 2.22. The Hall–Kier alpha value is -0.710. The third kappa shape index (κ3) is 9.33. The Balaban J connectivity index is 0. The van der Waals surface area contributed by atoms with Crippen molar-refractivity contribution in [2.24, 2.45) is 5.73 Å². The summed E-state index contributed by atoms with van der Waals surface area (Å²) in [5, 5.41) is 42.2. The lowest BCUT2D eigenvalue weighted by molar-refractivity contribution is -0.138. The first-order valence-electron chi connectivity index (χ1n) is 5.01. The van der Waals surface area contributed by atoms with E-state index in [0.29, 0.717) is 12.2 Å². The van der Waals surface area contributed by atoms with E-state index in [2.05, 4.69) is 12.6 Å². The Morgan fingerprint density at radius 1 is 1.33 bits per heavy atom. The van der Waals surface area contributed by atoms with Crippen molar-refractivity contribution in [3.63, 3.8) is 0 Å². The van der Waals surface area contributed by atoms with E-state index in [-0.39, 0.29) is 6.29 Å². The summed E-state index contributed by atoms with van der Waals surface area (Å²) in [6.07, 6.45) is -4.20. The summed E-state index contributed by atoms with van der Waals surface area (Å²) in [5.41, 5.74) is 5.08. The SMILES string of the molecule is NC(CCS)C(=O)O.O=CC(O)C(O)C(O)CO. The zero-order chi connectivity index (χ0) is 14.7. The van der Waals surface area contributed by atoms with Crippen molar-refractivity contribution in [3.8, 4) is 0 Å². The molecule has 9 heteroatoms. The molecule has 4 unspecified atom stereocenters. The molecule has 0 aromatic carbocycles. The molecule has 108 valence electrons. The first-order chi connectivity index (χ1) is 8.31. The molecule has 0 bridgehead atoms. The summed E-state index contributed by atoms with van der Waals surface area (Å²) in [4.78, 5) is 19.7. The third-order valence-electron chi connectivity index (χ3n) is 1.83. The van der Waals surface area contributed by atoms with E-state index in [1.54, 1.807) is 0 Å². The fourth-order valence-electron chi connectivity index (χ4n) is 0.679. The van der Waals surface area contributed by atoms with Gasteiger partial charge in [0.15, 0.2) is 6.29 Å². The standard InChI is InChI=1S/C5H10O5.C4H9NO2S/c6-1-3(8)5(10)4(9)2-7;5-3(1-2-8)4(6)7/h1,3-5,7-10H,2H2;3,8H,1-2,5H2,(H,6,7). The Kier molecular flexibility index (Phi) is 12.4. The summed E-state index contributed by atoms with van der Waals surface area (Å²) in [6, 6.07) is -0.743. The predicted octanol–water partition coefficient (Wildman–Crippen LogP) is -3.02. The Labute approximate surface area is 109 Å². The molecule has 8 nitrogen and oxygen atoms in total. The predicted molar refractivity (Wildman–Crippen MR) is 65.3 cm³/mol. The fourth-order valence-corrected chi connectivity index (χ4v) is 0.957. The largest absolute Gasteiger partial charge is 0.480 e. The summed E-state index contributed by atoms with van der Waals surface area (Å²) in [7, 11) is 0. The van der Waals surface area contributed by atoms with Crippen LogP contribution in [0.15, 0.2) is 0 Å². The van der Waals surface area contributed by atoms with E-state index in [4.69, 9.17) is 31.3 Å². The molecule has 0 aliphatic carbocycles. The number of carbonyl (C=O) groups is 2. The molecule has 0 rings (SSSR count). The molecule has 4 atom stereocenters. The molecule has 0 fully saturated rings. The summed E-state index contributed by atoms with van der Waals surface area (Å²) >= 11 is 3.81. The number of nitrogens with two attached hydrogens (primary N) is 1. The molecule has 0 aromatic heterocycles. The number of carbonyl (C=O) groups excluding carboxylic acids is 1. The second-order valence-corrected chi connectivity index (χ2v) is 3.77. The van der Waals surface area contributed by atoms with Crippen LogP contribution in [0.4, 0.5) is 0 Å². The van der Waals surface area contributed by atoms with Gasteiger partial charge in [-0.05, 0) is 12.2 Å². The zero-order valence-electron chi connectivity index (χ0n) is 9.59. The van der Waals surface area contributed by atoms with Gasteiger partial charge in [0.2, 0.25) is 0 Å². The quantitative estimate of drug-likeness (QED) is 0.192. The highest BCUT2D eigenvalue weighted by atomic mass is 32.1. The van der Waals surface area contributed by atoms with Crippen molar-refractivity contribution in [1.29, 1.82) is 0 Å². The van der Waals surface area contributed by atoms with Crippen LogP contribution in [0, 0.1) is 0 Å². The number of hydrogen-bond acceptors (Lipinski definition) is 8. The van der Waals surface area contributed by atoms with Gasteiger partial charge in [0, 0.05) is 0 Å². The summed E-state index contributed by atoms with van der Waals surface area (Å²) < 4.78 is 0. The molecule has 0 aliphatic heterocycles. The van der Waals surface area contributed by atoms with E-state index in [9.17, 15) is 9.59 Å². The van der Waals surface area contributed by atoms with Crippen molar-refractivity contribution in [1.82, 2.24) is 0 Å². The maximum absolute atomic E-state index is 9.93. The minimum atomic E-state index is -1.64. The van der Waals surface area contributed by atoms with Crippen molar-refractivity contribution in [3.05, 3.63) is 0 Å². The van der Waals surface area contributed by atoms with Crippen LogP contribution in [0.2, 0.25) is 0 Å². The first-order valence-corrected chi connectivity index (χ1v) is 5.64. The van der Waals surface area contributed by atoms with Crippen LogP contribution >= 0.6 is 12.6 Å². The Morgan fingerprint density at radius 3 is 2.06 bits per heavy atom. The molecular formula is C9H19NO7S. The normalized spacial score (nSPS) is 16.8. The van der Waals surface area contributed by atoms with E-state index >= 15 is 0 Å². The number of hydrogen-bond donors (Lipinski definition) is 7. The summed E-state index contributed by atoms with van der Waals surface area (Å²) in [6.45, 7) is -0.688. The van der Waals surface area contributed by atoms with Gasteiger partial charge < -0.3 is 36.1 Å². The van der Waals surface area contributed by atoms with Gasteiger partial charge in [-0.1, -0.05) is 0 Å². The topological polar surface area (TPSA) is 161 Å². The fraction of sp³-hybridized carbons (Fsp3) is 0.778. The number of thiol groups is 1. The van der Waals surface area contributed by atoms with Crippen LogP contribution in [0.5, 0.6) is 0 Å². The average molecular weight is 285 g/mol. The van der Waals surface area contributed by atoms with Gasteiger partial charge in [-0.15, -0.1) is 0 Å². The molecule has 0 spiro atoms. The van der Waals surface area contributed by atoms with Crippen molar-refractivity contribution < 1.29 is 35.1 Å². The Bertz CT molecular complexity index is 241. The van der Waals surface area contributed by atoms with Gasteiger partial charge in [0.05, 0.1) is 6.61 Å². The van der Waals surface area contributed by atoms with Crippen LogP contribution in [-0.4, -0.2) is 74.5 Å². The van der Waals surface area contributed by atoms with E-state index in [1.807, 2.05) is 0 Å². The van der Waals surface area contributed by atoms with Crippen LogP contribution in [0.25, 0.3) is 0 Å². The maximum atomic E-state index is 9.93. The molecule has 0 heterocycles. The zero-order valence-corrected chi connectivity index (χ0v) is 10.5. The molecule has 0 aromatic rings. The van der Waals surface area contributed by atoms with Crippen molar-refractivity contribution in [2.45, 2.75) is 30.8 Å². The van der Waals surface area contributed by atoms with Gasteiger partial charge in [-0.2, -0.15) is 12.6 Å². The lowest BCUT2D eigenvalue weighted by Gasteiger charge is -2.16. The lowest BCUT2D eigenvalue weighted by Crippen LogP contribution is -2.40. The Morgan fingerprint density at radius 2 is 1.83 bits per heavy atom. The smallest absolute Gasteiger partial charge is 0.320 e. The molecule has 0 radical (unpaired) electrons. The van der Waals surface area contributed by atoms with Gasteiger partial charge >= 0.3 is 5.97 Å². The molecule has 0 saturated carbocycles. The highest BCUT2D eigenvalue weighted by molar-refractivity contribution is 7.80. The van der Waals surface area contributed by atoms with Crippen molar-refractivity contribution >= 4 is 24.9 Å². The molecular weight excluding hydrogens is 266 g/mol. The minimum absolute atomic E-state index is 0.0869. The van der Waals surface area contributed by atoms with E-state index < -0.39 is 36.9 Å². The van der Waals surface area contributed by atoms with E-state index in [1.165, 1.54) is 0 Å². The van der Waals surface area contributed by atoms with Crippen LogP contribution in [-0.2, 0) is 9.59 Å². The monoisotopic (exact) mass is 285 g/mol. The van der Waals surface area contributed by atoms with Crippen LogP contribution in [0.3, 0.4) is 0 Å². The number of carboxylic acid groups (broad SMARTS) is 1. The lowest BCUT2D eigenvalue weighted by atomic mass is 10.1. The van der Waals surface area contributed by atoms with Crippen molar-refractivity contribution in [2.75, 3.05) is 12.4 Å². The third-order valence-corrected chi connectivity index (χ3v) is 2.09. The maximum Gasteiger partial charge on any atom is 0.320 e. The number of aliphatic hydroxyl groups excluding tert-OH is 4.